The average molecular weight is 289 g/mol. The van der Waals surface area contributed by atoms with Crippen LogP contribution >= 0.6 is 0 Å². The topological polar surface area (TPSA) is 61.4 Å². The molecule has 1 aromatic rings. The molecule has 0 aromatic heterocycles. The minimum absolute atomic E-state index is 0.00206. The number of nitrogens with zero attached hydrogens (tertiary/aromatic N) is 1. The quantitative estimate of drug-likeness (QED) is 0.801. The molecule has 1 aliphatic rings. The molecule has 2 amide bonds. The van der Waals surface area contributed by atoms with E-state index in [1.54, 1.807) is 11.9 Å². The third kappa shape index (κ3) is 5.19. The van der Waals surface area contributed by atoms with Crippen molar-refractivity contribution in [3.05, 3.63) is 29.8 Å². The molecule has 5 nitrogen and oxygen atoms in total. The van der Waals surface area contributed by atoms with Crippen LogP contribution in [0.5, 0.6) is 0 Å². The lowest BCUT2D eigenvalue weighted by Gasteiger charge is -2.18. The summed E-state index contributed by atoms with van der Waals surface area (Å²) in [7, 11) is 1.75. The highest BCUT2D eigenvalue weighted by molar-refractivity contribution is 5.93. The first-order chi connectivity index (χ1) is 10.1. The van der Waals surface area contributed by atoms with Crippen molar-refractivity contribution >= 4 is 17.5 Å². The van der Waals surface area contributed by atoms with Gasteiger partial charge in [0.15, 0.2) is 0 Å². The molecule has 1 aromatic carbocycles. The molecule has 5 heteroatoms. The molecule has 21 heavy (non-hydrogen) atoms. The van der Waals surface area contributed by atoms with Gasteiger partial charge in [-0.1, -0.05) is 18.2 Å². The van der Waals surface area contributed by atoms with Crippen molar-refractivity contribution in [1.82, 2.24) is 10.2 Å². The number of carbonyl (C=O) groups excluding carboxylic acids is 2. The van der Waals surface area contributed by atoms with Gasteiger partial charge in [-0.05, 0) is 36.9 Å². The minimum Gasteiger partial charge on any atom is -0.342 e. The summed E-state index contributed by atoms with van der Waals surface area (Å²) in [6.07, 6.45) is 2.55. The number of benzene rings is 1. The number of hydrogen-bond donors (Lipinski definition) is 2. The Morgan fingerprint density at radius 1 is 1.29 bits per heavy atom. The first kappa shape index (κ1) is 15.5. The second-order valence-electron chi connectivity index (χ2n) is 5.65. The third-order valence-corrected chi connectivity index (χ3v) is 3.65. The Labute approximate surface area is 125 Å². The number of amides is 2. The van der Waals surface area contributed by atoms with Crippen LogP contribution in [0.3, 0.4) is 0 Å². The second-order valence-corrected chi connectivity index (χ2v) is 5.65. The van der Waals surface area contributed by atoms with E-state index < -0.39 is 0 Å². The first-order valence-electron chi connectivity index (χ1n) is 7.36. The van der Waals surface area contributed by atoms with E-state index in [-0.39, 0.29) is 11.8 Å². The molecule has 0 radical (unpaired) electrons. The van der Waals surface area contributed by atoms with Crippen LogP contribution in [-0.2, 0) is 16.1 Å². The summed E-state index contributed by atoms with van der Waals surface area (Å²) in [4.78, 5) is 24.9. The Balaban J connectivity index is 1.88. The summed E-state index contributed by atoms with van der Waals surface area (Å²) in [5.74, 6) is 0.713. The number of para-hydroxylation sites is 1. The van der Waals surface area contributed by atoms with Gasteiger partial charge in [0.2, 0.25) is 11.8 Å². The Morgan fingerprint density at radius 3 is 2.67 bits per heavy atom. The number of carbonyl (C=O) groups is 2. The van der Waals surface area contributed by atoms with Crippen molar-refractivity contribution in [2.75, 3.05) is 25.5 Å². The van der Waals surface area contributed by atoms with Gasteiger partial charge >= 0.3 is 0 Å². The van der Waals surface area contributed by atoms with Crippen molar-refractivity contribution in [3.8, 4) is 0 Å². The van der Waals surface area contributed by atoms with Crippen LogP contribution in [0.1, 0.15) is 25.3 Å². The minimum atomic E-state index is -0.0476. The average Bonchev–Trinajstić information content (AvgIpc) is 3.25. The molecule has 1 aliphatic carbocycles. The second kappa shape index (κ2) is 7.22. The molecule has 1 fully saturated rings. The smallest absolute Gasteiger partial charge is 0.238 e. The van der Waals surface area contributed by atoms with Crippen molar-refractivity contribution in [3.63, 3.8) is 0 Å². The largest absolute Gasteiger partial charge is 0.342 e. The summed E-state index contributed by atoms with van der Waals surface area (Å²) in [5, 5.41) is 6.08. The van der Waals surface area contributed by atoms with E-state index in [0.29, 0.717) is 13.1 Å². The molecule has 0 spiro atoms. The van der Waals surface area contributed by atoms with Gasteiger partial charge in [0.05, 0.1) is 6.54 Å². The van der Waals surface area contributed by atoms with E-state index in [1.165, 1.54) is 19.8 Å². The van der Waals surface area contributed by atoms with Crippen molar-refractivity contribution in [2.45, 2.75) is 26.3 Å². The third-order valence-electron chi connectivity index (χ3n) is 3.65. The van der Waals surface area contributed by atoms with Crippen molar-refractivity contribution in [1.29, 1.82) is 0 Å². The maximum absolute atomic E-state index is 11.9. The highest BCUT2D eigenvalue weighted by Crippen LogP contribution is 2.27. The molecule has 0 atom stereocenters. The molecule has 0 unspecified atom stereocenters. The molecular formula is C16H23N3O2. The fraction of sp³-hybridized carbons (Fsp3) is 0.500. The van der Waals surface area contributed by atoms with E-state index in [2.05, 4.69) is 10.6 Å². The number of hydrogen-bond acceptors (Lipinski definition) is 3. The van der Waals surface area contributed by atoms with Crippen LogP contribution < -0.4 is 10.6 Å². The van der Waals surface area contributed by atoms with Crippen molar-refractivity contribution in [2.24, 2.45) is 5.92 Å². The van der Waals surface area contributed by atoms with Gasteiger partial charge in [-0.15, -0.1) is 0 Å². The van der Waals surface area contributed by atoms with Crippen LogP contribution in [-0.4, -0.2) is 36.9 Å². The van der Waals surface area contributed by atoms with Crippen molar-refractivity contribution < 1.29 is 9.59 Å². The first-order valence-corrected chi connectivity index (χ1v) is 7.36. The standard InChI is InChI=1S/C16H23N3O2/c1-12(20)19(2)11-14-5-3-4-6-15(14)18-16(21)10-17-9-13-7-8-13/h3-6,13,17H,7-11H2,1-2H3,(H,18,21). The lowest BCUT2D eigenvalue weighted by atomic mass is 10.1. The molecule has 1 saturated carbocycles. The zero-order valence-electron chi connectivity index (χ0n) is 12.7. The predicted octanol–water partition coefficient (Wildman–Crippen LogP) is 1.60. The summed E-state index contributed by atoms with van der Waals surface area (Å²) < 4.78 is 0. The van der Waals surface area contributed by atoms with Gasteiger partial charge in [-0.25, -0.2) is 0 Å². The Kier molecular flexibility index (Phi) is 5.33. The van der Waals surface area contributed by atoms with Gasteiger partial charge in [-0.2, -0.15) is 0 Å². The van der Waals surface area contributed by atoms with Gasteiger partial charge in [-0.3, -0.25) is 9.59 Å². The Hall–Kier alpha value is -1.88. The lowest BCUT2D eigenvalue weighted by Crippen LogP contribution is -2.30. The highest BCUT2D eigenvalue weighted by Gasteiger charge is 2.20. The fourth-order valence-electron chi connectivity index (χ4n) is 2.05. The summed E-state index contributed by atoms with van der Waals surface area (Å²) >= 11 is 0. The zero-order valence-corrected chi connectivity index (χ0v) is 12.7. The molecule has 2 rings (SSSR count). The maximum Gasteiger partial charge on any atom is 0.238 e. The van der Waals surface area contributed by atoms with E-state index in [1.807, 2.05) is 24.3 Å². The van der Waals surface area contributed by atoms with Crippen LogP contribution in [0.4, 0.5) is 5.69 Å². The van der Waals surface area contributed by atoms with Gasteiger partial charge < -0.3 is 15.5 Å². The molecule has 0 aliphatic heterocycles. The van der Waals surface area contributed by atoms with Gasteiger partial charge in [0.1, 0.15) is 0 Å². The monoisotopic (exact) mass is 289 g/mol. The fourth-order valence-corrected chi connectivity index (χ4v) is 2.05. The number of rotatable bonds is 7. The summed E-state index contributed by atoms with van der Waals surface area (Å²) in [5.41, 5.74) is 1.70. The lowest BCUT2D eigenvalue weighted by molar-refractivity contribution is -0.128. The molecular weight excluding hydrogens is 266 g/mol. The van der Waals surface area contributed by atoms with Gasteiger partial charge in [0.25, 0.3) is 0 Å². The van der Waals surface area contributed by atoms with E-state index >= 15 is 0 Å². The highest BCUT2D eigenvalue weighted by atomic mass is 16.2. The zero-order chi connectivity index (χ0) is 15.2. The molecule has 0 bridgehead atoms. The summed E-state index contributed by atoms with van der Waals surface area (Å²) in [6.45, 7) is 3.26. The Bertz CT molecular complexity index is 512. The predicted molar refractivity (Wildman–Crippen MR) is 82.8 cm³/mol. The number of anilines is 1. The summed E-state index contributed by atoms with van der Waals surface area (Å²) in [6, 6.07) is 7.57. The number of nitrogens with one attached hydrogen (secondary N) is 2. The van der Waals surface area contributed by atoms with E-state index in [4.69, 9.17) is 0 Å². The van der Waals surface area contributed by atoms with Crippen LogP contribution in [0.25, 0.3) is 0 Å². The molecule has 0 saturated heterocycles. The van der Waals surface area contributed by atoms with Crippen LogP contribution in [0, 0.1) is 5.92 Å². The van der Waals surface area contributed by atoms with Gasteiger partial charge in [0, 0.05) is 26.2 Å². The molecule has 0 heterocycles. The van der Waals surface area contributed by atoms with E-state index in [9.17, 15) is 9.59 Å². The maximum atomic E-state index is 11.9. The molecule has 2 N–H and O–H groups in total. The Morgan fingerprint density at radius 2 is 2.00 bits per heavy atom. The van der Waals surface area contributed by atoms with Crippen LogP contribution in [0.15, 0.2) is 24.3 Å². The van der Waals surface area contributed by atoms with Crippen LogP contribution in [0.2, 0.25) is 0 Å². The molecule has 114 valence electrons. The SMILES string of the molecule is CC(=O)N(C)Cc1ccccc1NC(=O)CNCC1CC1. The van der Waals surface area contributed by atoms with E-state index in [0.717, 1.165) is 23.7 Å². The normalized spacial score (nSPS) is 13.8.